The molecule has 1 heterocycles. The van der Waals surface area contributed by atoms with Crippen LogP contribution < -0.4 is 15.6 Å². The number of aromatic amines is 1. The Morgan fingerprint density at radius 2 is 2.17 bits per heavy atom. The lowest BCUT2D eigenvalue weighted by Gasteiger charge is -2.16. The Hall–Kier alpha value is -2.02. The van der Waals surface area contributed by atoms with Crippen LogP contribution in [0.15, 0.2) is 32.5 Å². The van der Waals surface area contributed by atoms with E-state index in [2.05, 4.69) is 17.5 Å². The number of thioether (sulfide) groups is 1. The summed E-state index contributed by atoms with van der Waals surface area (Å²) in [6.07, 6.45) is 1.45. The fourth-order valence-electron chi connectivity index (χ4n) is 2.32. The van der Waals surface area contributed by atoms with E-state index in [1.54, 1.807) is 7.05 Å². The van der Waals surface area contributed by atoms with E-state index in [9.17, 15) is 9.59 Å². The SMILES string of the molecule is CCc1cccc(C)c1NC(=O)C(CC)Sc1c(=O)o[nH][n+]1C. The third kappa shape index (κ3) is 3.85. The molecule has 1 aromatic carbocycles. The topological polar surface area (TPSA) is 79.0 Å². The number of hydrogen-bond donors (Lipinski definition) is 2. The molecule has 0 spiro atoms. The van der Waals surface area contributed by atoms with Crippen LogP contribution in [0.3, 0.4) is 0 Å². The Labute approximate surface area is 139 Å². The van der Waals surface area contributed by atoms with E-state index in [0.717, 1.165) is 23.2 Å². The van der Waals surface area contributed by atoms with Gasteiger partial charge in [0.05, 0.1) is 5.25 Å². The van der Waals surface area contributed by atoms with Crippen LogP contribution in [-0.2, 0) is 18.3 Å². The lowest BCUT2D eigenvalue weighted by molar-refractivity contribution is -0.772. The molecule has 0 aliphatic heterocycles. The van der Waals surface area contributed by atoms with Crippen molar-refractivity contribution in [2.24, 2.45) is 7.05 Å². The second kappa shape index (κ2) is 7.50. The van der Waals surface area contributed by atoms with Crippen molar-refractivity contribution in [3.05, 3.63) is 39.7 Å². The highest BCUT2D eigenvalue weighted by Crippen LogP contribution is 2.25. The van der Waals surface area contributed by atoms with Gasteiger partial charge < -0.3 is 5.32 Å². The maximum atomic E-state index is 12.6. The molecule has 0 fully saturated rings. The minimum atomic E-state index is -0.464. The molecule has 2 N–H and O–H groups in total. The fraction of sp³-hybridized carbons (Fsp3) is 0.438. The third-order valence-electron chi connectivity index (χ3n) is 3.66. The predicted octanol–water partition coefficient (Wildman–Crippen LogP) is 2.17. The minimum absolute atomic E-state index is 0.109. The molecule has 0 aliphatic rings. The third-order valence-corrected chi connectivity index (χ3v) is 5.16. The van der Waals surface area contributed by atoms with Gasteiger partial charge in [-0.1, -0.05) is 36.7 Å². The van der Waals surface area contributed by atoms with Gasteiger partial charge in [0.15, 0.2) is 7.05 Å². The number of nitrogens with zero attached hydrogens (tertiary/aromatic N) is 1. The quantitative estimate of drug-likeness (QED) is 0.626. The lowest BCUT2D eigenvalue weighted by Crippen LogP contribution is -2.36. The number of H-pyrrole nitrogens is 1. The van der Waals surface area contributed by atoms with E-state index in [1.807, 2.05) is 32.0 Å². The van der Waals surface area contributed by atoms with Gasteiger partial charge in [-0.3, -0.25) is 9.32 Å². The number of carbonyl (C=O) groups excluding carboxylic acids is 1. The Balaban J connectivity index is 2.20. The van der Waals surface area contributed by atoms with Crippen LogP contribution in [-0.4, -0.2) is 16.4 Å². The van der Waals surface area contributed by atoms with Crippen molar-refractivity contribution in [1.82, 2.24) is 5.27 Å². The molecule has 1 amide bonds. The molecule has 1 unspecified atom stereocenters. The Bertz CT molecular complexity index is 751. The highest BCUT2D eigenvalue weighted by molar-refractivity contribution is 8.00. The number of nitrogens with one attached hydrogen (secondary N) is 2. The normalized spacial score (nSPS) is 12.2. The van der Waals surface area contributed by atoms with E-state index in [4.69, 9.17) is 4.52 Å². The molecule has 1 aromatic heterocycles. The van der Waals surface area contributed by atoms with Gasteiger partial charge in [0.25, 0.3) is 0 Å². The molecule has 124 valence electrons. The standard InChI is InChI=1S/C16H21N3O3S/c1-5-11-9-7-8-10(3)13(11)17-14(20)12(6-2)23-15-16(21)22-18-19(15)4/h7-9,12H,5-6H2,1-4H3,(H-,17,18,20,21)/p+1. The summed E-state index contributed by atoms with van der Waals surface area (Å²) in [6.45, 7) is 5.95. The molecule has 2 rings (SSSR count). The van der Waals surface area contributed by atoms with Crippen LogP contribution in [0.25, 0.3) is 0 Å². The summed E-state index contributed by atoms with van der Waals surface area (Å²) < 4.78 is 6.20. The molecule has 0 bridgehead atoms. The van der Waals surface area contributed by atoms with Gasteiger partial charge in [0, 0.05) is 5.69 Å². The summed E-state index contributed by atoms with van der Waals surface area (Å²) in [7, 11) is 1.67. The molecule has 0 aliphatic carbocycles. The zero-order valence-corrected chi connectivity index (χ0v) is 14.6. The van der Waals surface area contributed by atoms with Crippen molar-refractivity contribution in [2.45, 2.75) is 43.9 Å². The van der Waals surface area contributed by atoms with Gasteiger partial charge in [0.1, 0.15) is 0 Å². The van der Waals surface area contributed by atoms with Gasteiger partial charge in [-0.25, -0.2) is 4.79 Å². The fourth-order valence-corrected chi connectivity index (χ4v) is 3.26. The average Bonchev–Trinajstić information content (AvgIpc) is 2.85. The molecule has 23 heavy (non-hydrogen) atoms. The first-order valence-corrected chi connectivity index (χ1v) is 8.49. The Morgan fingerprint density at radius 3 is 2.74 bits per heavy atom. The highest BCUT2D eigenvalue weighted by Gasteiger charge is 2.27. The number of carbonyl (C=O) groups is 1. The van der Waals surface area contributed by atoms with E-state index in [-0.39, 0.29) is 11.2 Å². The molecule has 1 atom stereocenters. The van der Waals surface area contributed by atoms with Gasteiger partial charge in [-0.2, -0.15) is 0 Å². The van der Waals surface area contributed by atoms with E-state index < -0.39 is 5.63 Å². The number of benzene rings is 1. The number of para-hydroxylation sites is 1. The lowest BCUT2D eigenvalue weighted by atomic mass is 10.1. The number of anilines is 1. The summed E-state index contributed by atoms with van der Waals surface area (Å²) in [5.74, 6) is -0.109. The van der Waals surface area contributed by atoms with Crippen LogP contribution in [0.1, 0.15) is 31.4 Å². The number of amides is 1. The second-order valence-corrected chi connectivity index (χ2v) is 6.50. The van der Waals surface area contributed by atoms with Crippen LogP contribution in [0.2, 0.25) is 0 Å². The number of aromatic nitrogens is 2. The molecule has 0 saturated carbocycles. The number of hydrogen-bond acceptors (Lipinski definition) is 4. The Kier molecular flexibility index (Phi) is 5.65. The van der Waals surface area contributed by atoms with E-state index >= 15 is 0 Å². The van der Waals surface area contributed by atoms with Crippen molar-refractivity contribution in [1.29, 1.82) is 0 Å². The van der Waals surface area contributed by atoms with Crippen molar-refractivity contribution < 1.29 is 14.0 Å². The first-order chi connectivity index (χ1) is 11.0. The predicted molar refractivity (Wildman–Crippen MR) is 89.6 cm³/mol. The first-order valence-electron chi connectivity index (χ1n) is 7.61. The number of rotatable bonds is 6. The maximum Gasteiger partial charge on any atom is 0.441 e. The van der Waals surface area contributed by atoms with Crippen LogP contribution >= 0.6 is 11.8 Å². The van der Waals surface area contributed by atoms with Crippen LogP contribution in [0, 0.1) is 6.92 Å². The molecule has 0 radical (unpaired) electrons. The van der Waals surface area contributed by atoms with Gasteiger partial charge in [0.2, 0.25) is 5.91 Å². The first kappa shape index (κ1) is 17.3. The van der Waals surface area contributed by atoms with Crippen molar-refractivity contribution in [3.63, 3.8) is 0 Å². The molecule has 0 saturated heterocycles. The highest BCUT2D eigenvalue weighted by atomic mass is 32.2. The van der Waals surface area contributed by atoms with Crippen molar-refractivity contribution in [2.75, 3.05) is 5.32 Å². The molecule has 2 aromatic rings. The summed E-state index contributed by atoms with van der Waals surface area (Å²) >= 11 is 1.21. The minimum Gasteiger partial charge on any atom is -0.325 e. The number of aryl methyl sites for hydroxylation is 3. The summed E-state index contributed by atoms with van der Waals surface area (Å²) in [6, 6.07) is 5.97. The molecule has 6 nitrogen and oxygen atoms in total. The van der Waals surface area contributed by atoms with Gasteiger partial charge in [-0.15, -0.1) is 0 Å². The maximum absolute atomic E-state index is 12.6. The zero-order valence-electron chi connectivity index (χ0n) is 13.8. The molecular weight excluding hydrogens is 314 g/mol. The summed E-state index contributed by atoms with van der Waals surface area (Å²) in [5, 5.41) is 5.49. The average molecular weight is 336 g/mol. The molecular formula is C16H22N3O3S+. The zero-order chi connectivity index (χ0) is 17.0. The van der Waals surface area contributed by atoms with E-state index in [0.29, 0.717) is 11.4 Å². The summed E-state index contributed by atoms with van der Waals surface area (Å²) in [5.41, 5.74) is 2.53. The summed E-state index contributed by atoms with van der Waals surface area (Å²) in [4.78, 5) is 24.3. The monoisotopic (exact) mass is 336 g/mol. The van der Waals surface area contributed by atoms with Crippen LogP contribution in [0.4, 0.5) is 5.69 Å². The van der Waals surface area contributed by atoms with Gasteiger partial charge in [-0.05, 0) is 47.9 Å². The largest absolute Gasteiger partial charge is 0.441 e. The van der Waals surface area contributed by atoms with Crippen molar-refractivity contribution in [3.8, 4) is 0 Å². The molecule has 7 heteroatoms. The van der Waals surface area contributed by atoms with Gasteiger partial charge >= 0.3 is 10.7 Å². The Morgan fingerprint density at radius 1 is 1.43 bits per heavy atom. The van der Waals surface area contributed by atoms with Crippen molar-refractivity contribution >= 4 is 23.4 Å². The smallest absolute Gasteiger partial charge is 0.325 e. The van der Waals surface area contributed by atoms with Crippen LogP contribution in [0.5, 0.6) is 0 Å². The van der Waals surface area contributed by atoms with E-state index in [1.165, 1.54) is 16.4 Å². The second-order valence-electron chi connectivity index (χ2n) is 5.31.